The summed E-state index contributed by atoms with van der Waals surface area (Å²) in [6.07, 6.45) is 4.92. The highest BCUT2D eigenvalue weighted by molar-refractivity contribution is 6.30. The molecule has 132 valence electrons. The third-order valence-corrected chi connectivity index (χ3v) is 4.50. The molecule has 2 heterocycles. The summed E-state index contributed by atoms with van der Waals surface area (Å²) in [6.45, 7) is 0.133. The number of carbonyl (C=O) groups excluding carboxylic acids is 1. The molecule has 3 aromatic rings. The third-order valence-electron chi connectivity index (χ3n) is 4.29. The van der Waals surface area contributed by atoms with Gasteiger partial charge in [0.1, 0.15) is 12.4 Å². The van der Waals surface area contributed by atoms with E-state index in [-0.39, 0.29) is 24.2 Å². The molecule has 1 aliphatic rings. The maximum atomic E-state index is 12.4. The van der Waals surface area contributed by atoms with Gasteiger partial charge >= 0.3 is 0 Å². The van der Waals surface area contributed by atoms with Crippen molar-refractivity contribution >= 4 is 17.5 Å². The van der Waals surface area contributed by atoms with Crippen molar-refractivity contribution in [3.05, 3.63) is 76.4 Å². The quantitative estimate of drug-likeness (QED) is 0.741. The number of nitrogens with zero attached hydrogens (tertiary/aromatic N) is 2. The number of aromatic nitrogens is 2. The highest BCUT2D eigenvalue weighted by Crippen LogP contribution is 2.30. The molecule has 1 atom stereocenters. The summed E-state index contributed by atoms with van der Waals surface area (Å²) in [5.74, 6) is 0.704. The minimum atomic E-state index is -0.258. The Balaban J connectivity index is 1.38. The lowest BCUT2D eigenvalue weighted by molar-refractivity contribution is 0.0927. The minimum absolute atomic E-state index is 0.00707. The van der Waals surface area contributed by atoms with Crippen molar-refractivity contribution in [2.24, 2.45) is 0 Å². The van der Waals surface area contributed by atoms with Crippen LogP contribution in [-0.4, -0.2) is 16.0 Å². The van der Waals surface area contributed by atoms with Crippen LogP contribution in [0.5, 0.6) is 5.75 Å². The van der Waals surface area contributed by atoms with E-state index in [4.69, 9.17) is 20.9 Å². The molecule has 4 rings (SSSR count). The van der Waals surface area contributed by atoms with Gasteiger partial charge in [-0.25, -0.2) is 0 Å². The van der Waals surface area contributed by atoms with Crippen LogP contribution in [0.4, 0.5) is 0 Å². The second kappa shape index (κ2) is 7.17. The number of hydrogen-bond donors (Lipinski definition) is 1. The number of aryl methyl sites for hydroxylation is 1. The van der Waals surface area contributed by atoms with E-state index in [9.17, 15) is 4.79 Å². The molecule has 0 fully saturated rings. The zero-order chi connectivity index (χ0) is 17.9. The summed E-state index contributed by atoms with van der Waals surface area (Å²) < 4.78 is 10.7. The normalized spacial score (nSPS) is 15.5. The van der Waals surface area contributed by atoms with Crippen LogP contribution >= 0.6 is 11.6 Å². The van der Waals surface area contributed by atoms with Crippen LogP contribution in [0.1, 0.15) is 39.8 Å². The highest BCUT2D eigenvalue weighted by Gasteiger charge is 2.25. The number of fused-ring (bicyclic) bond motifs is 1. The molecule has 1 aromatic carbocycles. The van der Waals surface area contributed by atoms with Gasteiger partial charge in [0.2, 0.25) is 0 Å². The average molecular weight is 370 g/mol. The average Bonchev–Trinajstić information content (AvgIpc) is 3.28. The Morgan fingerprint density at radius 1 is 1.31 bits per heavy atom. The fourth-order valence-electron chi connectivity index (χ4n) is 3.05. The maximum absolute atomic E-state index is 12.4. The van der Waals surface area contributed by atoms with Crippen LogP contribution < -0.4 is 10.1 Å². The van der Waals surface area contributed by atoms with Gasteiger partial charge in [-0.3, -0.25) is 9.78 Å². The van der Waals surface area contributed by atoms with E-state index in [0.717, 1.165) is 12.8 Å². The van der Waals surface area contributed by atoms with Crippen molar-refractivity contribution in [1.82, 2.24) is 15.5 Å². The number of nitrogens with one attached hydrogen (secondary N) is 1. The van der Waals surface area contributed by atoms with Crippen LogP contribution in [0.2, 0.25) is 5.02 Å². The number of halogens is 1. The van der Waals surface area contributed by atoms with Gasteiger partial charge < -0.3 is 14.6 Å². The molecular weight excluding hydrogens is 354 g/mol. The summed E-state index contributed by atoms with van der Waals surface area (Å²) >= 11 is 5.86. The molecule has 0 spiro atoms. The molecule has 0 saturated heterocycles. The van der Waals surface area contributed by atoms with Gasteiger partial charge in [0.15, 0.2) is 11.5 Å². The number of benzene rings is 1. The smallest absolute Gasteiger partial charge is 0.273 e. The molecule has 0 aliphatic heterocycles. The van der Waals surface area contributed by atoms with Crippen molar-refractivity contribution in [3.63, 3.8) is 0 Å². The Bertz CT molecular complexity index is 941. The van der Waals surface area contributed by atoms with Crippen LogP contribution in [0.15, 0.2) is 53.3 Å². The van der Waals surface area contributed by atoms with Gasteiger partial charge in [-0.15, -0.1) is 0 Å². The summed E-state index contributed by atoms with van der Waals surface area (Å²) in [7, 11) is 0. The Hall–Kier alpha value is -2.86. The van der Waals surface area contributed by atoms with E-state index in [0.29, 0.717) is 16.5 Å². The summed E-state index contributed by atoms with van der Waals surface area (Å²) in [4.78, 5) is 16.4. The van der Waals surface area contributed by atoms with Crippen molar-refractivity contribution in [2.45, 2.75) is 25.5 Å². The van der Waals surface area contributed by atoms with Crippen molar-refractivity contribution in [3.8, 4) is 5.75 Å². The zero-order valence-electron chi connectivity index (χ0n) is 13.8. The molecule has 26 heavy (non-hydrogen) atoms. The second-order valence-electron chi connectivity index (χ2n) is 6.07. The molecule has 1 amide bonds. The van der Waals surface area contributed by atoms with Crippen LogP contribution in [0.3, 0.4) is 0 Å². The number of rotatable bonds is 5. The largest absolute Gasteiger partial charge is 0.484 e. The zero-order valence-corrected chi connectivity index (χ0v) is 14.6. The Labute approximate surface area is 155 Å². The minimum Gasteiger partial charge on any atom is -0.484 e. The highest BCUT2D eigenvalue weighted by atomic mass is 35.5. The molecule has 2 aromatic heterocycles. The van der Waals surface area contributed by atoms with Crippen LogP contribution in [-0.2, 0) is 13.0 Å². The molecular formula is C19H16ClN3O3. The molecule has 6 nitrogen and oxygen atoms in total. The molecule has 7 heteroatoms. The van der Waals surface area contributed by atoms with Crippen molar-refractivity contribution in [2.75, 3.05) is 0 Å². The number of amides is 1. The lowest BCUT2D eigenvalue weighted by Gasteiger charge is -2.12. The standard InChI is InChI=1S/C19H16ClN3O3/c20-13-7-14(10-21-9-13)25-11-15-8-18(23-26-15)19(24)22-17-6-5-12-3-1-2-4-16(12)17/h1-4,7-10,17H,5-6,11H2,(H,22,24)/t17-/m0/s1. The predicted molar refractivity (Wildman–Crippen MR) is 95.1 cm³/mol. The fourth-order valence-corrected chi connectivity index (χ4v) is 3.22. The monoisotopic (exact) mass is 369 g/mol. The Morgan fingerprint density at radius 3 is 3.08 bits per heavy atom. The van der Waals surface area contributed by atoms with Gasteiger partial charge in [-0.2, -0.15) is 0 Å². The van der Waals surface area contributed by atoms with E-state index in [1.54, 1.807) is 18.3 Å². The SMILES string of the molecule is O=C(N[C@H]1CCc2ccccc21)c1cc(COc2cncc(Cl)c2)on1. The first-order valence-electron chi connectivity index (χ1n) is 8.26. The third kappa shape index (κ3) is 3.55. The molecule has 0 bridgehead atoms. The maximum Gasteiger partial charge on any atom is 0.273 e. The summed E-state index contributed by atoms with van der Waals surface area (Å²) in [5.41, 5.74) is 2.68. The first-order valence-corrected chi connectivity index (χ1v) is 8.64. The first kappa shape index (κ1) is 16.6. The van der Waals surface area contributed by atoms with Crippen molar-refractivity contribution in [1.29, 1.82) is 0 Å². The van der Waals surface area contributed by atoms with E-state index < -0.39 is 0 Å². The number of pyridine rings is 1. The van der Waals surface area contributed by atoms with E-state index in [1.165, 1.54) is 17.3 Å². The lowest BCUT2D eigenvalue weighted by Crippen LogP contribution is -2.27. The summed E-state index contributed by atoms with van der Waals surface area (Å²) in [6, 6.07) is 11.4. The van der Waals surface area contributed by atoms with E-state index >= 15 is 0 Å². The number of hydrogen-bond acceptors (Lipinski definition) is 5. The van der Waals surface area contributed by atoms with Gasteiger partial charge in [0.05, 0.1) is 17.3 Å². The molecule has 1 aliphatic carbocycles. The number of ether oxygens (including phenoxy) is 1. The summed E-state index contributed by atoms with van der Waals surface area (Å²) in [5, 5.41) is 7.33. The van der Waals surface area contributed by atoms with Crippen LogP contribution in [0.25, 0.3) is 0 Å². The molecule has 0 unspecified atom stereocenters. The topological polar surface area (TPSA) is 77.2 Å². The Morgan fingerprint density at radius 2 is 2.19 bits per heavy atom. The van der Waals surface area contributed by atoms with E-state index in [2.05, 4.69) is 21.5 Å². The number of carbonyl (C=O) groups is 1. The second-order valence-corrected chi connectivity index (χ2v) is 6.51. The van der Waals surface area contributed by atoms with Gasteiger partial charge in [-0.05, 0) is 24.0 Å². The first-order chi connectivity index (χ1) is 12.7. The molecule has 1 N–H and O–H groups in total. The van der Waals surface area contributed by atoms with Gasteiger partial charge in [0, 0.05) is 18.3 Å². The fraction of sp³-hybridized carbons (Fsp3) is 0.211. The van der Waals surface area contributed by atoms with Gasteiger partial charge in [-0.1, -0.05) is 41.0 Å². The molecule has 0 saturated carbocycles. The van der Waals surface area contributed by atoms with Crippen molar-refractivity contribution < 1.29 is 14.1 Å². The Kier molecular flexibility index (Phi) is 4.58. The van der Waals surface area contributed by atoms with E-state index in [1.807, 2.05) is 18.2 Å². The molecule has 0 radical (unpaired) electrons. The van der Waals surface area contributed by atoms with Crippen LogP contribution in [0, 0.1) is 0 Å². The predicted octanol–water partition coefficient (Wildman–Crippen LogP) is 3.72. The lowest BCUT2D eigenvalue weighted by atomic mass is 10.1. The van der Waals surface area contributed by atoms with Gasteiger partial charge in [0.25, 0.3) is 5.91 Å².